The molecule has 0 radical (unpaired) electrons. The summed E-state index contributed by atoms with van der Waals surface area (Å²) in [6.07, 6.45) is 1.48. The first kappa shape index (κ1) is 15.9. The molecule has 0 spiro atoms. The molecule has 2 rings (SSSR count). The number of imidazole rings is 1. The molecule has 0 fully saturated rings. The van der Waals surface area contributed by atoms with Crippen LogP contribution in [0.4, 0.5) is 5.13 Å². The van der Waals surface area contributed by atoms with Crippen LogP contribution in [-0.2, 0) is 17.1 Å². The number of rotatable bonds is 6. The van der Waals surface area contributed by atoms with Crippen molar-refractivity contribution < 1.29 is 8.42 Å². The van der Waals surface area contributed by atoms with Crippen LogP contribution in [0.5, 0.6) is 0 Å². The fourth-order valence-electron chi connectivity index (χ4n) is 1.77. The van der Waals surface area contributed by atoms with E-state index in [2.05, 4.69) is 20.0 Å². The molecule has 0 saturated carbocycles. The van der Waals surface area contributed by atoms with Crippen LogP contribution in [0.25, 0.3) is 0 Å². The number of thiazole rings is 1. The van der Waals surface area contributed by atoms with E-state index < -0.39 is 10.0 Å². The van der Waals surface area contributed by atoms with Gasteiger partial charge in [-0.15, -0.1) is 11.3 Å². The van der Waals surface area contributed by atoms with Gasteiger partial charge in [0.1, 0.15) is 5.82 Å². The van der Waals surface area contributed by atoms with Crippen molar-refractivity contribution in [1.82, 2.24) is 19.9 Å². The lowest BCUT2D eigenvalue weighted by Crippen LogP contribution is -2.18. The Balaban J connectivity index is 2.17. The lowest BCUT2D eigenvalue weighted by molar-refractivity contribution is 0.586. The van der Waals surface area contributed by atoms with Gasteiger partial charge in [-0.2, -0.15) is 8.42 Å². The summed E-state index contributed by atoms with van der Waals surface area (Å²) >= 11 is 1.26. The first-order valence-corrected chi connectivity index (χ1v) is 8.91. The Hall–Kier alpha value is -1.45. The molecular weight excluding hydrogens is 310 g/mol. The standard InChI is InChI=1S/C12H19N5O2S2/c1-5-13-8(2)10-7-20-12(15-10)16-21(18,19)11-6-17(4)9(3)14-11/h6-8,13H,5H2,1-4H3,(H,15,16). The molecule has 0 bridgehead atoms. The van der Waals surface area contributed by atoms with E-state index in [1.54, 1.807) is 18.5 Å². The summed E-state index contributed by atoms with van der Waals surface area (Å²) in [6, 6.07) is 0.0848. The highest BCUT2D eigenvalue weighted by atomic mass is 32.2. The van der Waals surface area contributed by atoms with Crippen molar-refractivity contribution in [1.29, 1.82) is 0 Å². The summed E-state index contributed by atoms with van der Waals surface area (Å²) in [6.45, 7) is 6.57. The SMILES string of the molecule is CCNC(C)c1csc(NS(=O)(=O)c2cn(C)c(C)n2)n1. The van der Waals surface area contributed by atoms with Crippen LogP contribution < -0.4 is 10.0 Å². The number of aryl methyl sites for hydroxylation is 2. The van der Waals surface area contributed by atoms with Gasteiger partial charge >= 0.3 is 0 Å². The molecule has 1 unspecified atom stereocenters. The van der Waals surface area contributed by atoms with Crippen molar-refractivity contribution in [2.75, 3.05) is 11.3 Å². The summed E-state index contributed by atoms with van der Waals surface area (Å²) in [5.74, 6) is 0.635. The fraction of sp³-hybridized carbons (Fsp3) is 0.500. The van der Waals surface area contributed by atoms with E-state index in [4.69, 9.17) is 0 Å². The predicted molar refractivity (Wildman–Crippen MR) is 83.0 cm³/mol. The van der Waals surface area contributed by atoms with E-state index in [1.165, 1.54) is 17.5 Å². The molecule has 0 aliphatic rings. The van der Waals surface area contributed by atoms with Gasteiger partial charge in [0.05, 0.1) is 5.69 Å². The number of nitrogens with one attached hydrogen (secondary N) is 2. The molecular formula is C12H19N5O2S2. The number of hydrogen-bond acceptors (Lipinski definition) is 6. The van der Waals surface area contributed by atoms with Crippen LogP contribution in [0.3, 0.4) is 0 Å². The third kappa shape index (κ3) is 3.60. The second-order valence-corrected chi connectivity index (χ2v) is 7.19. The molecule has 116 valence electrons. The highest BCUT2D eigenvalue weighted by molar-refractivity contribution is 7.92. The molecule has 21 heavy (non-hydrogen) atoms. The molecule has 0 saturated heterocycles. The maximum Gasteiger partial charge on any atom is 0.282 e. The quantitative estimate of drug-likeness (QED) is 0.841. The molecule has 0 amide bonds. The third-order valence-electron chi connectivity index (χ3n) is 3.06. The van der Waals surface area contributed by atoms with Gasteiger partial charge in [-0.3, -0.25) is 4.72 Å². The number of anilines is 1. The number of hydrogen-bond donors (Lipinski definition) is 2. The minimum Gasteiger partial charge on any atom is -0.337 e. The molecule has 2 aromatic rings. The van der Waals surface area contributed by atoms with E-state index in [1.807, 2.05) is 19.2 Å². The molecule has 2 heterocycles. The van der Waals surface area contributed by atoms with Crippen LogP contribution in [0.2, 0.25) is 0 Å². The summed E-state index contributed by atoms with van der Waals surface area (Å²) in [5, 5.41) is 5.42. The maximum absolute atomic E-state index is 12.2. The van der Waals surface area contributed by atoms with Crippen LogP contribution in [-0.4, -0.2) is 29.5 Å². The molecule has 0 aliphatic heterocycles. The average Bonchev–Trinajstić information content (AvgIpc) is 2.98. The minimum absolute atomic E-state index is 0.000943. The predicted octanol–water partition coefficient (Wildman–Crippen LogP) is 1.66. The van der Waals surface area contributed by atoms with Gasteiger partial charge in [0.15, 0.2) is 10.2 Å². The zero-order valence-electron chi connectivity index (χ0n) is 12.4. The minimum atomic E-state index is -3.69. The molecule has 0 aromatic carbocycles. The van der Waals surface area contributed by atoms with Crippen molar-refractivity contribution in [3.8, 4) is 0 Å². The summed E-state index contributed by atoms with van der Waals surface area (Å²) < 4.78 is 28.6. The number of sulfonamides is 1. The van der Waals surface area contributed by atoms with Crippen molar-refractivity contribution in [3.63, 3.8) is 0 Å². The monoisotopic (exact) mass is 329 g/mol. The lowest BCUT2D eigenvalue weighted by Gasteiger charge is -2.08. The van der Waals surface area contributed by atoms with Crippen molar-refractivity contribution in [3.05, 3.63) is 23.1 Å². The van der Waals surface area contributed by atoms with Crippen LogP contribution in [0.15, 0.2) is 16.6 Å². The second kappa shape index (κ2) is 6.12. The largest absolute Gasteiger partial charge is 0.337 e. The summed E-state index contributed by atoms with van der Waals surface area (Å²) in [7, 11) is -1.94. The topological polar surface area (TPSA) is 88.9 Å². The average molecular weight is 329 g/mol. The van der Waals surface area contributed by atoms with Gasteiger partial charge in [0.2, 0.25) is 0 Å². The highest BCUT2D eigenvalue weighted by Gasteiger charge is 2.20. The van der Waals surface area contributed by atoms with Crippen molar-refractivity contribution in [2.45, 2.75) is 31.8 Å². The molecule has 0 aliphatic carbocycles. The summed E-state index contributed by atoms with van der Waals surface area (Å²) in [5.41, 5.74) is 0.816. The van der Waals surface area contributed by atoms with Crippen molar-refractivity contribution in [2.24, 2.45) is 7.05 Å². The molecule has 2 aromatic heterocycles. The third-order valence-corrected chi connectivity index (χ3v) is 5.17. The molecule has 7 nitrogen and oxygen atoms in total. The van der Waals surface area contributed by atoms with Gasteiger partial charge < -0.3 is 9.88 Å². The van der Waals surface area contributed by atoms with Crippen LogP contribution >= 0.6 is 11.3 Å². The second-order valence-electron chi connectivity index (χ2n) is 4.70. The van der Waals surface area contributed by atoms with E-state index in [-0.39, 0.29) is 11.1 Å². The normalized spacial score (nSPS) is 13.3. The first-order valence-electron chi connectivity index (χ1n) is 6.55. The van der Waals surface area contributed by atoms with Gasteiger partial charge in [-0.05, 0) is 20.4 Å². The lowest BCUT2D eigenvalue weighted by atomic mass is 10.3. The Bertz CT molecular complexity index is 700. The Morgan fingerprint density at radius 1 is 1.43 bits per heavy atom. The van der Waals surface area contributed by atoms with Gasteiger partial charge in [0, 0.05) is 24.7 Å². The van der Waals surface area contributed by atoms with E-state index in [9.17, 15) is 8.42 Å². The first-order chi connectivity index (χ1) is 9.83. The van der Waals surface area contributed by atoms with Gasteiger partial charge in [-0.25, -0.2) is 9.97 Å². The van der Waals surface area contributed by atoms with Gasteiger partial charge in [0.25, 0.3) is 10.0 Å². The molecule has 1 atom stereocenters. The van der Waals surface area contributed by atoms with E-state index >= 15 is 0 Å². The zero-order valence-corrected chi connectivity index (χ0v) is 14.0. The van der Waals surface area contributed by atoms with E-state index in [0.29, 0.717) is 11.0 Å². The van der Waals surface area contributed by atoms with Crippen molar-refractivity contribution >= 4 is 26.5 Å². The smallest absolute Gasteiger partial charge is 0.282 e. The Morgan fingerprint density at radius 3 is 2.71 bits per heavy atom. The van der Waals surface area contributed by atoms with Crippen LogP contribution in [0, 0.1) is 6.92 Å². The van der Waals surface area contributed by atoms with Gasteiger partial charge in [-0.1, -0.05) is 6.92 Å². The Kier molecular flexibility index (Phi) is 4.64. The molecule has 9 heteroatoms. The highest BCUT2D eigenvalue weighted by Crippen LogP contribution is 2.23. The number of aromatic nitrogens is 3. The number of nitrogens with zero attached hydrogens (tertiary/aromatic N) is 3. The van der Waals surface area contributed by atoms with Crippen LogP contribution in [0.1, 0.15) is 31.4 Å². The Morgan fingerprint density at radius 2 is 2.14 bits per heavy atom. The maximum atomic E-state index is 12.2. The van der Waals surface area contributed by atoms with E-state index in [0.717, 1.165) is 12.2 Å². The Labute approximate surface area is 128 Å². The summed E-state index contributed by atoms with van der Waals surface area (Å²) in [4.78, 5) is 8.33. The zero-order chi connectivity index (χ0) is 15.6. The molecule has 2 N–H and O–H groups in total. The fourth-order valence-corrected chi connectivity index (χ4v) is 3.86.